The third kappa shape index (κ3) is 4.01. The second-order valence-electron chi connectivity index (χ2n) is 7.42. The van der Waals surface area contributed by atoms with Gasteiger partial charge in [0.25, 0.3) is 11.5 Å². The molecule has 142 valence electrons. The molecule has 1 aliphatic rings. The number of aromatic nitrogens is 3. The zero-order valence-corrected chi connectivity index (χ0v) is 15.7. The number of carbonyl (C=O) groups is 1. The highest BCUT2D eigenvalue weighted by Gasteiger charge is 2.24. The zero-order valence-electron chi connectivity index (χ0n) is 15.7. The molecule has 1 amide bonds. The van der Waals surface area contributed by atoms with Gasteiger partial charge in [-0.2, -0.15) is 5.10 Å². The number of nitrogens with zero attached hydrogens (tertiary/aromatic N) is 2. The number of amides is 1. The number of benzene rings is 1. The Kier molecular flexibility index (Phi) is 5.02. The first-order chi connectivity index (χ1) is 13.6. The molecule has 6 nitrogen and oxygen atoms in total. The summed E-state index contributed by atoms with van der Waals surface area (Å²) in [4.78, 5) is 27.5. The lowest BCUT2D eigenvalue weighted by Crippen LogP contribution is -2.34. The highest BCUT2D eigenvalue weighted by molar-refractivity contribution is 5.93. The fraction of sp³-hybridized carbons (Fsp3) is 0.273. The largest absolute Gasteiger partial charge is 0.350 e. The molecule has 0 saturated carbocycles. The van der Waals surface area contributed by atoms with Crippen LogP contribution in [0.15, 0.2) is 59.7 Å². The molecule has 4 rings (SSSR count). The number of pyridine rings is 1. The van der Waals surface area contributed by atoms with Gasteiger partial charge >= 0.3 is 0 Å². The van der Waals surface area contributed by atoms with E-state index in [1.807, 2.05) is 6.92 Å². The first kappa shape index (κ1) is 18.1. The van der Waals surface area contributed by atoms with Crippen LogP contribution < -0.4 is 10.9 Å². The van der Waals surface area contributed by atoms with Crippen LogP contribution in [0.5, 0.6) is 0 Å². The van der Waals surface area contributed by atoms with E-state index >= 15 is 0 Å². The van der Waals surface area contributed by atoms with E-state index in [9.17, 15) is 9.59 Å². The van der Waals surface area contributed by atoms with Crippen LogP contribution in [0.2, 0.25) is 0 Å². The molecule has 0 radical (unpaired) electrons. The van der Waals surface area contributed by atoms with Crippen molar-refractivity contribution in [3.05, 3.63) is 81.9 Å². The molecule has 0 spiro atoms. The van der Waals surface area contributed by atoms with Crippen molar-refractivity contribution in [2.24, 2.45) is 5.92 Å². The van der Waals surface area contributed by atoms with Crippen LogP contribution in [-0.2, 0) is 12.8 Å². The van der Waals surface area contributed by atoms with E-state index in [4.69, 9.17) is 0 Å². The minimum atomic E-state index is -0.202. The second-order valence-corrected chi connectivity index (χ2v) is 7.42. The van der Waals surface area contributed by atoms with Crippen LogP contribution >= 0.6 is 0 Å². The van der Waals surface area contributed by atoms with Crippen LogP contribution in [0.1, 0.15) is 34.8 Å². The predicted molar refractivity (Wildman–Crippen MR) is 107 cm³/mol. The molecular formula is C22H22N4O2. The number of hydrogen-bond acceptors (Lipinski definition) is 4. The molecule has 2 atom stereocenters. The Bertz CT molecular complexity index is 1030. The molecule has 6 heteroatoms. The first-order valence-corrected chi connectivity index (χ1v) is 9.47. The molecule has 3 aromatic rings. The van der Waals surface area contributed by atoms with Gasteiger partial charge in [-0.3, -0.25) is 14.6 Å². The van der Waals surface area contributed by atoms with Crippen LogP contribution in [0.25, 0.3) is 11.3 Å². The number of fused-ring (bicyclic) bond motifs is 1. The van der Waals surface area contributed by atoms with Crippen molar-refractivity contribution in [2.45, 2.75) is 32.2 Å². The van der Waals surface area contributed by atoms with Crippen LogP contribution in [0.4, 0.5) is 0 Å². The van der Waals surface area contributed by atoms with Gasteiger partial charge in [-0.1, -0.05) is 12.1 Å². The number of aromatic amines is 1. The monoisotopic (exact) mass is 374 g/mol. The number of carbonyl (C=O) groups excluding carboxylic acids is 1. The van der Waals surface area contributed by atoms with Crippen molar-refractivity contribution in [3.63, 3.8) is 0 Å². The Hall–Kier alpha value is -3.28. The topological polar surface area (TPSA) is 87.7 Å². The van der Waals surface area contributed by atoms with Crippen LogP contribution in [0.3, 0.4) is 0 Å². The Morgan fingerprint density at radius 2 is 2.07 bits per heavy atom. The molecule has 1 aromatic carbocycles. The summed E-state index contributed by atoms with van der Waals surface area (Å²) in [6, 6.07) is 13.2. The van der Waals surface area contributed by atoms with E-state index in [0.717, 1.165) is 30.5 Å². The summed E-state index contributed by atoms with van der Waals surface area (Å²) in [7, 11) is 0. The predicted octanol–water partition coefficient (Wildman–Crippen LogP) is 2.76. The number of rotatable bonds is 5. The van der Waals surface area contributed by atoms with Gasteiger partial charge in [0, 0.05) is 30.1 Å². The molecule has 0 aliphatic heterocycles. The summed E-state index contributed by atoms with van der Waals surface area (Å²) in [6.45, 7) is 2.05. The molecule has 0 fully saturated rings. The lowest BCUT2D eigenvalue weighted by Gasteiger charge is -2.17. The van der Waals surface area contributed by atoms with Crippen molar-refractivity contribution in [2.75, 3.05) is 0 Å². The summed E-state index contributed by atoms with van der Waals surface area (Å²) >= 11 is 0. The molecule has 0 bridgehead atoms. The second kappa shape index (κ2) is 7.76. The maximum absolute atomic E-state index is 12.3. The third-order valence-electron chi connectivity index (χ3n) is 5.19. The van der Waals surface area contributed by atoms with Gasteiger partial charge < -0.3 is 5.32 Å². The van der Waals surface area contributed by atoms with Crippen molar-refractivity contribution < 1.29 is 4.79 Å². The number of nitrogens with one attached hydrogen (secondary N) is 2. The fourth-order valence-corrected chi connectivity index (χ4v) is 3.90. The Morgan fingerprint density at radius 1 is 1.21 bits per heavy atom. The number of H-pyrrole nitrogens is 1. The van der Waals surface area contributed by atoms with Crippen LogP contribution in [0, 0.1) is 5.92 Å². The zero-order chi connectivity index (χ0) is 19.5. The van der Waals surface area contributed by atoms with Gasteiger partial charge in [0.1, 0.15) is 0 Å². The highest BCUT2D eigenvalue weighted by Crippen LogP contribution is 2.32. The van der Waals surface area contributed by atoms with Crippen molar-refractivity contribution in [3.8, 4) is 11.3 Å². The first-order valence-electron chi connectivity index (χ1n) is 9.47. The van der Waals surface area contributed by atoms with Crippen LogP contribution in [-0.4, -0.2) is 27.1 Å². The van der Waals surface area contributed by atoms with Crippen molar-refractivity contribution >= 4 is 5.91 Å². The summed E-state index contributed by atoms with van der Waals surface area (Å²) in [6.07, 6.45) is 6.17. The molecule has 1 aliphatic carbocycles. The SMILES string of the molecule is CC(CC1Cc2ccc(-c3ccc(=O)[nH]n3)cc2C1)NC(=O)c1cccnc1. The summed E-state index contributed by atoms with van der Waals surface area (Å²) in [5, 5.41) is 9.66. The van der Waals surface area contributed by atoms with E-state index < -0.39 is 0 Å². The maximum atomic E-state index is 12.3. The molecule has 28 heavy (non-hydrogen) atoms. The molecule has 2 unspecified atom stereocenters. The Morgan fingerprint density at radius 3 is 2.82 bits per heavy atom. The van der Waals surface area contributed by atoms with Crippen molar-refractivity contribution in [1.82, 2.24) is 20.5 Å². The van der Waals surface area contributed by atoms with E-state index in [2.05, 4.69) is 38.7 Å². The van der Waals surface area contributed by atoms with E-state index in [0.29, 0.717) is 11.5 Å². The third-order valence-corrected chi connectivity index (χ3v) is 5.19. The van der Waals surface area contributed by atoms with E-state index in [1.54, 1.807) is 30.6 Å². The number of hydrogen-bond donors (Lipinski definition) is 2. The summed E-state index contributed by atoms with van der Waals surface area (Å²) < 4.78 is 0. The average molecular weight is 374 g/mol. The standard InChI is InChI=1S/C22H22N4O2/c1-14(24-22(28)18-3-2-8-23-13-18)9-15-10-16-4-5-17(12-19(16)11-15)20-6-7-21(27)26-25-20/h2-8,12-15H,9-11H2,1H3,(H,24,28)(H,26,27). The average Bonchev–Trinajstić information content (AvgIpc) is 3.10. The van der Waals surface area contributed by atoms with Gasteiger partial charge in [0.05, 0.1) is 11.3 Å². The summed E-state index contributed by atoms with van der Waals surface area (Å²) in [5.74, 6) is 0.417. The molecule has 2 aromatic heterocycles. The molecule has 0 saturated heterocycles. The lowest BCUT2D eigenvalue weighted by atomic mass is 9.97. The molecular weight excluding hydrogens is 352 g/mol. The summed E-state index contributed by atoms with van der Waals surface area (Å²) in [5.41, 5.74) is 4.83. The van der Waals surface area contributed by atoms with Gasteiger partial charge in [0.15, 0.2) is 0 Å². The smallest absolute Gasteiger partial charge is 0.264 e. The van der Waals surface area contributed by atoms with Gasteiger partial charge in [0.2, 0.25) is 0 Å². The minimum Gasteiger partial charge on any atom is -0.350 e. The minimum absolute atomic E-state index is 0.0810. The van der Waals surface area contributed by atoms with E-state index in [-0.39, 0.29) is 17.5 Å². The highest BCUT2D eigenvalue weighted by atomic mass is 16.1. The van der Waals surface area contributed by atoms with E-state index in [1.165, 1.54) is 17.2 Å². The van der Waals surface area contributed by atoms with Gasteiger partial charge in [-0.05, 0) is 67.5 Å². The molecule has 2 heterocycles. The van der Waals surface area contributed by atoms with Crippen molar-refractivity contribution in [1.29, 1.82) is 0 Å². The maximum Gasteiger partial charge on any atom is 0.264 e. The van der Waals surface area contributed by atoms with Gasteiger partial charge in [-0.25, -0.2) is 5.10 Å². The Balaban J connectivity index is 1.39. The normalized spacial score (nSPS) is 16.4. The fourth-order valence-electron chi connectivity index (χ4n) is 3.90. The Labute approximate surface area is 163 Å². The van der Waals surface area contributed by atoms with Gasteiger partial charge in [-0.15, -0.1) is 0 Å². The molecule has 2 N–H and O–H groups in total. The quantitative estimate of drug-likeness (QED) is 0.719. The lowest BCUT2D eigenvalue weighted by molar-refractivity contribution is 0.0935.